The largest absolute Gasteiger partial charge is 0.269 e. The molecule has 0 atom stereocenters. The summed E-state index contributed by atoms with van der Waals surface area (Å²) in [7, 11) is 0. The van der Waals surface area contributed by atoms with Gasteiger partial charge < -0.3 is 0 Å². The third-order valence-electron chi connectivity index (χ3n) is 6.00. The number of hydrazine groups is 1. The van der Waals surface area contributed by atoms with Gasteiger partial charge in [0, 0.05) is 30.8 Å². The fourth-order valence-electron chi connectivity index (χ4n) is 4.13. The standard InChI is InChI=1S/C30H47N3OS/c1-9-12-18-31(19-13-10-2)35-32(23-27-16-14-26(11-3)15-17-27)33(30(6,7)8)29(34)28-21-24(4)20-25(5)22-28/h14-17,20-22H,9-13,18-19,23H2,1-8H3. The molecule has 0 unspecified atom stereocenters. The minimum Gasteiger partial charge on any atom is -0.268 e. The number of nitrogens with zero attached hydrogens (tertiary/aromatic N) is 3. The second-order valence-electron chi connectivity index (χ2n) is 10.6. The molecule has 0 radical (unpaired) electrons. The average molecular weight is 498 g/mol. The minimum absolute atomic E-state index is 0.0490. The first-order valence-electron chi connectivity index (χ1n) is 13.3. The van der Waals surface area contributed by atoms with Gasteiger partial charge in [-0.15, -0.1) is 4.41 Å². The fourth-order valence-corrected chi connectivity index (χ4v) is 5.42. The van der Waals surface area contributed by atoms with E-state index in [9.17, 15) is 4.79 Å². The zero-order valence-corrected chi connectivity index (χ0v) is 24.2. The van der Waals surface area contributed by atoms with Gasteiger partial charge >= 0.3 is 0 Å². The smallest absolute Gasteiger partial charge is 0.268 e. The van der Waals surface area contributed by atoms with Crippen LogP contribution in [-0.4, -0.2) is 38.3 Å². The van der Waals surface area contributed by atoms with Crippen molar-refractivity contribution in [2.45, 2.75) is 99.6 Å². The lowest BCUT2D eigenvalue weighted by Crippen LogP contribution is -2.54. The SMILES string of the molecule is CCCCN(CCCC)SN(Cc1ccc(CC)cc1)N(C(=O)c1cc(C)cc(C)c1)C(C)(C)C. The molecular formula is C30H47N3OS. The van der Waals surface area contributed by atoms with Crippen molar-refractivity contribution >= 4 is 18.0 Å². The average Bonchev–Trinajstić information content (AvgIpc) is 2.79. The molecule has 2 rings (SSSR count). The Balaban J connectivity index is 2.48. The molecule has 4 nitrogen and oxygen atoms in total. The van der Waals surface area contributed by atoms with E-state index in [0.29, 0.717) is 6.54 Å². The number of carbonyl (C=O) groups is 1. The topological polar surface area (TPSA) is 26.8 Å². The van der Waals surface area contributed by atoms with E-state index in [4.69, 9.17) is 0 Å². The molecule has 5 heteroatoms. The highest BCUT2D eigenvalue weighted by Gasteiger charge is 2.35. The molecule has 0 bridgehead atoms. The summed E-state index contributed by atoms with van der Waals surface area (Å²) < 4.78 is 4.65. The van der Waals surface area contributed by atoms with Gasteiger partial charge in [0.2, 0.25) is 0 Å². The van der Waals surface area contributed by atoms with E-state index in [2.05, 4.69) is 94.4 Å². The highest BCUT2D eigenvalue weighted by Crippen LogP contribution is 2.31. The Morgan fingerprint density at radius 1 is 0.829 bits per heavy atom. The second kappa shape index (κ2) is 14.1. The highest BCUT2D eigenvalue weighted by molar-refractivity contribution is 7.94. The van der Waals surface area contributed by atoms with Gasteiger partial charge in [-0.05, 0) is 77.1 Å². The Morgan fingerprint density at radius 2 is 1.34 bits per heavy atom. The molecule has 1 amide bonds. The summed E-state index contributed by atoms with van der Waals surface area (Å²) in [5, 5.41) is 1.98. The van der Waals surface area contributed by atoms with Crippen LogP contribution in [0.2, 0.25) is 0 Å². The lowest BCUT2D eigenvalue weighted by molar-refractivity contribution is -0.00887. The van der Waals surface area contributed by atoms with Crippen molar-refractivity contribution < 1.29 is 4.79 Å². The monoisotopic (exact) mass is 497 g/mol. The Kier molecular flexibility index (Phi) is 11.8. The molecule has 2 aromatic rings. The van der Waals surface area contributed by atoms with E-state index in [1.54, 1.807) is 12.1 Å². The maximum Gasteiger partial charge on any atom is 0.269 e. The molecule has 0 spiro atoms. The minimum atomic E-state index is -0.383. The highest BCUT2D eigenvalue weighted by atomic mass is 32.2. The molecule has 0 aliphatic heterocycles. The van der Waals surface area contributed by atoms with Crippen molar-refractivity contribution in [3.63, 3.8) is 0 Å². The number of benzene rings is 2. The van der Waals surface area contributed by atoms with Crippen LogP contribution < -0.4 is 0 Å². The van der Waals surface area contributed by atoms with Gasteiger partial charge in [0.15, 0.2) is 0 Å². The van der Waals surface area contributed by atoms with E-state index in [1.807, 2.05) is 17.1 Å². The predicted octanol–water partition coefficient (Wildman–Crippen LogP) is 7.99. The summed E-state index contributed by atoms with van der Waals surface area (Å²) in [5.74, 6) is 0.0490. The third kappa shape index (κ3) is 9.29. The first-order valence-corrected chi connectivity index (χ1v) is 14.0. The third-order valence-corrected chi connectivity index (χ3v) is 7.08. The van der Waals surface area contributed by atoms with Gasteiger partial charge in [0.1, 0.15) is 0 Å². The molecule has 0 saturated carbocycles. The number of rotatable bonds is 13. The van der Waals surface area contributed by atoms with Crippen LogP contribution in [0.25, 0.3) is 0 Å². The first-order chi connectivity index (χ1) is 16.6. The number of carbonyl (C=O) groups excluding carboxylic acids is 1. The lowest BCUT2D eigenvalue weighted by Gasteiger charge is -2.44. The molecule has 0 aromatic heterocycles. The number of amides is 1. The number of unbranched alkanes of at least 4 members (excludes halogenated alkanes) is 2. The number of aryl methyl sites for hydroxylation is 3. The fraction of sp³-hybridized carbons (Fsp3) is 0.567. The van der Waals surface area contributed by atoms with E-state index < -0.39 is 0 Å². The van der Waals surface area contributed by atoms with Crippen LogP contribution in [0, 0.1) is 13.8 Å². The van der Waals surface area contributed by atoms with Crippen LogP contribution in [0.3, 0.4) is 0 Å². The number of hydrogen-bond acceptors (Lipinski definition) is 4. The summed E-state index contributed by atoms with van der Waals surface area (Å²) in [6.07, 6.45) is 5.64. The molecule has 194 valence electrons. The van der Waals surface area contributed by atoms with Gasteiger partial charge in [0.05, 0.1) is 12.1 Å². The molecule has 0 heterocycles. The molecule has 35 heavy (non-hydrogen) atoms. The van der Waals surface area contributed by atoms with Crippen LogP contribution in [-0.2, 0) is 13.0 Å². The zero-order valence-electron chi connectivity index (χ0n) is 23.4. The first kappa shape index (κ1) is 29.4. The van der Waals surface area contributed by atoms with Crippen LogP contribution in [0.1, 0.15) is 99.8 Å². The summed E-state index contributed by atoms with van der Waals surface area (Å²) >= 11 is 1.71. The van der Waals surface area contributed by atoms with Gasteiger partial charge in [0.25, 0.3) is 5.91 Å². The Bertz CT molecular complexity index is 892. The quantitative estimate of drug-likeness (QED) is 0.207. The lowest BCUT2D eigenvalue weighted by atomic mass is 10.0. The molecule has 0 aliphatic carbocycles. The van der Waals surface area contributed by atoms with E-state index >= 15 is 0 Å². The Morgan fingerprint density at radius 3 is 1.80 bits per heavy atom. The Labute approximate surface area is 219 Å². The maximum absolute atomic E-state index is 14.1. The molecule has 0 aliphatic rings. The second-order valence-corrected chi connectivity index (χ2v) is 11.7. The van der Waals surface area contributed by atoms with Crippen molar-refractivity contribution in [2.75, 3.05) is 13.1 Å². The zero-order chi connectivity index (χ0) is 26.0. The molecule has 2 aromatic carbocycles. The maximum atomic E-state index is 14.1. The van der Waals surface area contributed by atoms with Crippen LogP contribution in [0.5, 0.6) is 0 Å². The van der Waals surface area contributed by atoms with E-state index in [1.165, 1.54) is 11.1 Å². The summed E-state index contributed by atoms with van der Waals surface area (Å²) in [6.45, 7) is 19.9. The van der Waals surface area contributed by atoms with Gasteiger partial charge in [-0.1, -0.05) is 75.1 Å². The summed E-state index contributed by atoms with van der Waals surface area (Å²) in [4.78, 5) is 14.1. The molecule has 0 saturated heterocycles. The van der Waals surface area contributed by atoms with Gasteiger partial charge in [-0.3, -0.25) is 9.80 Å². The molecular weight excluding hydrogens is 450 g/mol. The van der Waals surface area contributed by atoms with Gasteiger partial charge in [-0.2, -0.15) is 0 Å². The van der Waals surface area contributed by atoms with Crippen molar-refractivity contribution in [2.24, 2.45) is 0 Å². The van der Waals surface area contributed by atoms with Crippen molar-refractivity contribution in [3.05, 3.63) is 70.3 Å². The van der Waals surface area contributed by atoms with Crippen molar-refractivity contribution in [3.8, 4) is 0 Å². The van der Waals surface area contributed by atoms with Crippen molar-refractivity contribution in [1.82, 2.24) is 13.7 Å². The Hall–Kier alpha value is -1.82. The normalized spacial score (nSPS) is 11.9. The van der Waals surface area contributed by atoms with Gasteiger partial charge in [-0.25, -0.2) is 4.31 Å². The van der Waals surface area contributed by atoms with Crippen LogP contribution in [0.15, 0.2) is 42.5 Å². The van der Waals surface area contributed by atoms with Crippen LogP contribution in [0.4, 0.5) is 0 Å². The van der Waals surface area contributed by atoms with E-state index in [0.717, 1.165) is 61.9 Å². The summed E-state index contributed by atoms with van der Waals surface area (Å²) in [6, 6.07) is 15.0. The van der Waals surface area contributed by atoms with Crippen molar-refractivity contribution in [1.29, 1.82) is 0 Å². The van der Waals surface area contributed by atoms with Crippen LogP contribution >= 0.6 is 12.1 Å². The summed E-state index contributed by atoms with van der Waals surface area (Å²) in [5.41, 5.74) is 5.14. The predicted molar refractivity (Wildman–Crippen MR) is 152 cm³/mol. The van der Waals surface area contributed by atoms with E-state index in [-0.39, 0.29) is 11.4 Å². The molecule has 0 N–H and O–H groups in total. The molecule has 0 fully saturated rings. The number of hydrogen-bond donors (Lipinski definition) is 0.